The summed E-state index contributed by atoms with van der Waals surface area (Å²) in [6, 6.07) is 8.12. The van der Waals surface area contributed by atoms with Crippen LogP contribution in [0.25, 0.3) is 0 Å². The van der Waals surface area contributed by atoms with Crippen molar-refractivity contribution in [3.05, 3.63) is 29.8 Å². The summed E-state index contributed by atoms with van der Waals surface area (Å²) in [6.45, 7) is 0. The first-order chi connectivity index (χ1) is 5.38. The Kier molecular flexibility index (Phi) is 3.44. The number of hydrogen-bond acceptors (Lipinski definition) is 3. The van der Waals surface area contributed by atoms with Crippen LogP contribution in [0.5, 0.6) is 0 Å². The number of benzene rings is 1. The Morgan fingerprint density at radius 1 is 1.58 bits per heavy atom. The van der Waals surface area contributed by atoms with Gasteiger partial charge in [-0.2, -0.15) is 24.3 Å². The second-order valence-corrected chi connectivity index (χ2v) is 2.25. The predicted octanol–water partition coefficient (Wildman–Crippen LogP) is -0.464. The van der Waals surface area contributed by atoms with E-state index in [4.69, 9.17) is 0 Å². The van der Waals surface area contributed by atoms with Crippen molar-refractivity contribution >= 4 is 18.8 Å². The Hall–Kier alpha value is -0.181. The fourth-order valence-electron chi connectivity index (χ4n) is 0.994. The van der Waals surface area contributed by atoms with Crippen LogP contribution in [0, 0.1) is 6.07 Å². The molecule has 0 aliphatic carbocycles. The standard InChI is InChI=1S/C7H5BNO2.Y/c10-8-7-4-2-1-3-6(7)5-9-11-8;/h2-5,10H;/q-1;. The van der Waals surface area contributed by atoms with Crippen molar-refractivity contribution in [1.29, 1.82) is 0 Å². The van der Waals surface area contributed by atoms with E-state index in [0.29, 0.717) is 0 Å². The van der Waals surface area contributed by atoms with Crippen LogP contribution in [0.2, 0.25) is 0 Å². The van der Waals surface area contributed by atoms with Gasteiger partial charge in [0.05, 0.1) is 0 Å². The molecule has 0 amide bonds. The molecule has 0 saturated heterocycles. The molecule has 1 aromatic rings. The van der Waals surface area contributed by atoms with Gasteiger partial charge in [0.1, 0.15) is 0 Å². The van der Waals surface area contributed by atoms with Crippen LogP contribution in [0.15, 0.2) is 23.4 Å². The third kappa shape index (κ3) is 1.76. The first-order valence-electron chi connectivity index (χ1n) is 3.25. The molecule has 3 nitrogen and oxygen atoms in total. The van der Waals surface area contributed by atoms with Crippen molar-refractivity contribution in [3.63, 3.8) is 0 Å². The minimum Gasteiger partial charge on any atom is -0.430 e. The van der Waals surface area contributed by atoms with Crippen LogP contribution in [0.3, 0.4) is 0 Å². The number of rotatable bonds is 0. The Labute approximate surface area is 95.8 Å². The second kappa shape index (κ2) is 4.17. The third-order valence-electron chi connectivity index (χ3n) is 1.55. The van der Waals surface area contributed by atoms with Gasteiger partial charge in [-0.05, 0) is 0 Å². The molecule has 0 aromatic heterocycles. The molecule has 1 aliphatic rings. The van der Waals surface area contributed by atoms with Gasteiger partial charge in [-0.25, -0.2) is 0 Å². The van der Waals surface area contributed by atoms with Crippen LogP contribution < -0.4 is 5.46 Å². The van der Waals surface area contributed by atoms with E-state index in [1.165, 1.54) is 0 Å². The van der Waals surface area contributed by atoms with Crippen LogP contribution in [0.1, 0.15) is 5.56 Å². The van der Waals surface area contributed by atoms with Gasteiger partial charge in [-0.3, -0.25) is 0 Å². The maximum absolute atomic E-state index is 9.21. The normalized spacial score (nSPS) is 12.9. The van der Waals surface area contributed by atoms with E-state index in [1.807, 2.05) is 0 Å². The molecule has 0 bridgehead atoms. The molecule has 1 heterocycles. The van der Waals surface area contributed by atoms with E-state index in [1.54, 1.807) is 24.4 Å². The van der Waals surface area contributed by atoms with Gasteiger partial charge in [-0.15, -0.1) is 16.2 Å². The van der Waals surface area contributed by atoms with E-state index >= 15 is 0 Å². The third-order valence-corrected chi connectivity index (χ3v) is 1.55. The topological polar surface area (TPSA) is 41.8 Å². The minimum absolute atomic E-state index is 0. The summed E-state index contributed by atoms with van der Waals surface area (Å²) in [5, 5.41) is 12.7. The quantitative estimate of drug-likeness (QED) is 0.488. The SMILES string of the molecule is OB1ON=Cc2c[c-]ccc21.[Y]. The molecule has 0 unspecified atom stereocenters. The van der Waals surface area contributed by atoms with Crippen molar-refractivity contribution in [2.24, 2.45) is 5.16 Å². The van der Waals surface area contributed by atoms with Gasteiger partial charge in [0, 0.05) is 38.9 Å². The molecule has 0 atom stereocenters. The zero-order valence-electron chi connectivity index (χ0n) is 6.27. The van der Waals surface area contributed by atoms with Crippen molar-refractivity contribution in [2.45, 2.75) is 0 Å². The molecular formula is C7H5BNO2Y-. The zero-order valence-corrected chi connectivity index (χ0v) is 9.11. The smallest absolute Gasteiger partial charge is 0.430 e. The van der Waals surface area contributed by atoms with Crippen LogP contribution >= 0.6 is 0 Å². The van der Waals surface area contributed by atoms with Gasteiger partial charge in [0.25, 0.3) is 0 Å². The van der Waals surface area contributed by atoms with E-state index in [0.717, 1.165) is 11.0 Å². The fraction of sp³-hybridized carbons (Fsp3) is 0. The van der Waals surface area contributed by atoms with E-state index in [-0.39, 0.29) is 32.7 Å². The Morgan fingerprint density at radius 3 is 3.17 bits per heavy atom. The van der Waals surface area contributed by atoms with Crippen molar-refractivity contribution in [2.75, 3.05) is 0 Å². The summed E-state index contributed by atoms with van der Waals surface area (Å²) >= 11 is 0. The molecule has 1 radical (unpaired) electrons. The summed E-state index contributed by atoms with van der Waals surface area (Å²) in [5.41, 5.74) is 1.59. The number of hydrogen-bond donors (Lipinski definition) is 1. The molecule has 2 rings (SSSR count). The fourth-order valence-corrected chi connectivity index (χ4v) is 0.994. The van der Waals surface area contributed by atoms with Gasteiger partial charge < -0.3 is 9.78 Å². The molecular weight excluding hydrogens is 230 g/mol. The largest absolute Gasteiger partial charge is 0.559 e. The van der Waals surface area contributed by atoms with Crippen molar-refractivity contribution < 1.29 is 42.5 Å². The summed E-state index contributed by atoms with van der Waals surface area (Å²) < 4.78 is 4.62. The van der Waals surface area contributed by atoms with Gasteiger partial charge in [0.2, 0.25) is 0 Å². The van der Waals surface area contributed by atoms with Crippen LogP contribution in [-0.2, 0) is 37.5 Å². The molecule has 0 saturated carbocycles. The summed E-state index contributed by atoms with van der Waals surface area (Å²) in [7, 11) is -0.926. The Bertz CT molecular complexity index is 305. The van der Waals surface area contributed by atoms with E-state index in [2.05, 4.69) is 16.0 Å². The summed E-state index contributed by atoms with van der Waals surface area (Å²) in [4.78, 5) is 0. The van der Waals surface area contributed by atoms with Crippen molar-refractivity contribution in [3.8, 4) is 0 Å². The molecule has 57 valence electrons. The molecule has 0 fully saturated rings. The van der Waals surface area contributed by atoms with Gasteiger partial charge >= 0.3 is 7.12 Å². The van der Waals surface area contributed by atoms with Crippen molar-refractivity contribution in [1.82, 2.24) is 0 Å². The molecule has 0 spiro atoms. The zero-order chi connectivity index (χ0) is 7.68. The molecule has 5 heteroatoms. The number of oxime groups is 1. The first kappa shape index (κ1) is 9.90. The summed E-state index contributed by atoms with van der Waals surface area (Å²) in [6.07, 6.45) is 1.55. The average Bonchev–Trinajstić information content (AvgIpc) is 2.06. The predicted molar refractivity (Wildman–Crippen MR) is 41.6 cm³/mol. The van der Waals surface area contributed by atoms with E-state index < -0.39 is 7.12 Å². The molecule has 1 N–H and O–H groups in total. The Balaban J connectivity index is 0.000000720. The van der Waals surface area contributed by atoms with E-state index in [9.17, 15) is 5.02 Å². The van der Waals surface area contributed by atoms with Gasteiger partial charge in [0.15, 0.2) is 0 Å². The molecule has 12 heavy (non-hydrogen) atoms. The van der Waals surface area contributed by atoms with Gasteiger partial charge in [-0.1, -0.05) is 0 Å². The number of fused-ring (bicyclic) bond motifs is 1. The average molecular weight is 235 g/mol. The second-order valence-electron chi connectivity index (χ2n) is 2.25. The summed E-state index contributed by atoms with van der Waals surface area (Å²) in [5.74, 6) is 0. The molecule has 1 aliphatic heterocycles. The first-order valence-corrected chi connectivity index (χ1v) is 3.25. The maximum Gasteiger partial charge on any atom is 0.559 e. The Morgan fingerprint density at radius 2 is 2.42 bits per heavy atom. The van der Waals surface area contributed by atoms with Crippen LogP contribution in [0.4, 0.5) is 0 Å². The maximum atomic E-state index is 9.21. The molecule has 1 aromatic carbocycles. The minimum atomic E-state index is -0.926. The monoisotopic (exact) mass is 235 g/mol. The van der Waals surface area contributed by atoms with Crippen LogP contribution in [-0.4, -0.2) is 18.4 Å². The number of nitrogens with zero attached hydrogens (tertiary/aromatic N) is 1.